The van der Waals surface area contributed by atoms with E-state index in [2.05, 4.69) is 0 Å². The molecule has 0 aromatic heterocycles. The van der Waals surface area contributed by atoms with Crippen LogP contribution in [0.1, 0.15) is 24.0 Å². The lowest BCUT2D eigenvalue weighted by molar-refractivity contribution is -0.132. The Balaban J connectivity index is 2.13. The first-order chi connectivity index (χ1) is 8.08. The van der Waals surface area contributed by atoms with Crippen molar-refractivity contribution in [3.8, 4) is 0 Å². The van der Waals surface area contributed by atoms with Gasteiger partial charge in [-0.15, -0.1) is 0 Å². The molecule has 0 saturated carbocycles. The van der Waals surface area contributed by atoms with Gasteiger partial charge in [-0.1, -0.05) is 29.8 Å². The van der Waals surface area contributed by atoms with Crippen LogP contribution in [-0.2, 0) is 16.1 Å². The van der Waals surface area contributed by atoms with Crippen LogP contribution in [0.15, 0.2) is 24.3 Å². The molecule has 0 aliphatic carbocycles. The van der Waals surface area contributed by atoms with Gasteiger partial charge in [0.15, 0.2) is 0 Å². The second-order valence-electron chi connectivity index (χ2n) is 4.37. The van der Waals surface area contributed by atoms with E-state index in [1.54, 1.807) is 4.90 Å². The van der Waals surface area contributed by atoms with Gasteiger partial charge in [-0.05, 0) is 30.5 Å². The second-order valence-corrected chi connectivity index (χ2v) is 4.74. The van der Waals surface area contributed by atoms with Crippen molar-refractivity contribution in [3.63, 3.8) is 0 Å². The molecule has 1 aromatic rings. The zero-order valence-electron chi connectivity index (χ0n) is 9.65. The number of nitrogens with zero attached hydrogens (tertiary/aromatic N) is 1. The van der Waals surface area contributed by atoms with Crippen LogP contribution in [0.2, 0.25) is 0 Å². The highest BCUT2D eigenvalue weighted by molar-refractivity contribution is 6.64. The third kappa shape index (κ3) is 2.67. The first kappa shape index (κ1) is 12.1. The molecule has 17 heavy (non-hydrogen) atoms. The van der Waals surface area contributed by atoms with E-state index in [4.69, 9.17) is 11.6 Å². The van der Waals surface area contributed by atoms with Gasteiger partial charge in [0, 0.05) is 13.0 Å². The van der Waals surface area contributed by atoms with Crippen molar-refractivity contribution in [2.75, 3.05) is 0 Å². The number of carbonyl (C=O) groups is 2. The van der Waals surface area contributed by atoms with Gasteiger partial charge in [-0.2, -0.15) is 0 Å². The van der Waals surface area contributed by atoms with Gasteiger partial charge in [-0.25, -0.2) is 0 Å². The fraction of sp³-hybridized carbons (Fsp3) is 0.385. The normalized spacial score (nSPS) is 19.8. The Hall–Kier alpha value is -1.35. The number of halogens is 1. The molecule has 1 aliphatic rings. The van der Waals surface area contributed by atoms with E-state index >= 15 is 0 Å². The molecule has 1 atom stereocenters. The molecule has 90 valence electrons. The lowest BCUT2D eigenvalue weighted by Gasteiger charge is -2.21. The quantitative estimate of drug-likeness (QED) is 0.773. The topological polar surface area (TPSA) is 37.4 Å². The Bertz CT molecular complexity index is 441. The van der Waals surface area contributed by atoms with Crippen LogP contribution in [0.4, 0.5) is 0 Å². The van der Waals surface area contributed by atoms with Crippen LogP contribution in [-0.4, -0.2) is 22.1 Å². The summed E-state index contributed by atoms with van der Waals surface area (Å²) in [5.41, 5.74) is 2.19. The monoisotopic (exact) mass is 251 g/mol. The van der Waals surface area contributed by atoms with Gasteiger partial charge in [0.1, 0.15) is 6.04 Å². The maximum Gasteiger partial charge on any atom is 0.244 e. The van der Waals surface area contributed by atoms with Gasteiger partial charge in [0.2, 0.25) is 11.1 Å². The Labute approximate surface area is 105 Å². The molecule has 4 heteroatoms. The maximum absolute atomic E-state index is 11.7. The fourth-order valence-electron chi connectivity index (χ4n) is 2.06. The smallest absolute Gasteiger partial charge is 0.244 e. The lowest BCUT2D eigenvalue weighted by atomic mass is 10.1. The summed E-state index contributed by atoms with van der Waals surface area (Å²) < 4.78 is 0. The highest BCUT2D eigenvalue weighted by atomic mass is 35.5. The lowest BCUT2D eigenvalue weighted by Crippen LogP contribution is -2.36. The minimum atomic E-state index is -0.453. The Morgan fingerprint density at radius 1 is 1.41 bits per heavy atom. The van der Waals surface area contributed by atoms with Gasteiger partial charge in [0.25, 0.3) is 0 Å². The number of hydrogen-bond donors (Lipinski definition) is 0. The molecular weight excluding hydrogens is 238 g/mol. The first-order valence-corrected chi connectivity index (χ1v) is 6.00. The van der Waals surface area contributed by atoms with E-state index < -0.39 is 11.3 Å². The number of aryl methyl sites for hydroxylation is 1. The van der Waals surface area contributed by atoms with Crippen LogP contribution < -0.4 is 0 Å². The summed E-state index contributed by atoms with van der Waals surface area (Å²) in [5.74, 6) is 0.00424. The Kier molecular flexibility index (Phi) is 3.48. The van der Waals surface area contributed by atoms with Gasteiger partial charge in [-0.3, -0.25) is 9.59 Å². The van der Waals surface area contributed by atoms with E-state index in [1.807, 2.05) is 31.2 Å². The minimum Gasteiger partial charge on any atom is -0.327 e. The summed E-state index contributed by atoms with van der Waals surface area (Å²) in [6.07, 6.45) is 0.946. The standard InChI is InChI=1S/C13H14ClNO2/c1-9-2-4-10(5-3-9)8-15-11(13(14)17)6-7-12(15)16/h2-5,11H,6-8H2,1H3. The van der Waals surface area contributed by atoms with Crippen LogP contribution in [0.5, 0.6) is 0 Å². The zero-order chi connectivity index (χ0) is 12.4. The number of carbonyl (C=O) groups excluding carboxylic acids is 2. The Morgan fingerprint density at radius 2 is 2.06 bits per heavy atom. The second kappa shape index (κ2) is 4.88. The predicted octanol–water partition coefficient (Wildman–Crippen LogP) is 2.25. The summed E-state index contributed by atoms with van der Waals surface area (Å²) in [4.78, 5) is 24.5. The van der Waals surface area contributed by atoms with Crippen LogP contribution in [0.3, 0.4) is 0 Å². The van der Waals surface area contributed by atoms with Crippen LogP contribution in [0.25, 0.3) is 0 Å². The van der Waals surface area contributed by atoms with E-state index in [9.17, 15) is 9.59 Å². The molecule has 0 N–H and O–H groups in total. The maximum atomic E-state index is 11.7. The molecule has 1 heterocycles. The number of rotatable bonds is 3. The van der Waals surface area contributed by atoms with Gasteiger partial charge < -0.3 is 4.90 Å². The summed E-state index contributed by atoms with van der Waals surface area (Å²) in [6.45, 7) is 2.47. The summed E-state index contributed by atoms with van der Waals surface area (Å²) >= 11 is 5.50. The van der Waals surface area contributed by atoms with E-state index in [0.29, 0.717) is 19.4 Å². The van der Waals surface area contributed by atoms with E-state index in [-0.39, 0.29) is 5.91 Å². The largest absolute Gasteiger partial charge is 0.327 e. The highest BCUT2D eigenvalue weighted by Crippen LogP contribution is 2.23. The molecule has 0 spiro atoms. The van der Waals surface area contributed by atoms with Crippen molar-refractivity contribution in [1.29, 1.82) is 0 Å². The molecule has 1 amide bonds. The SMILES string of the molecule is Cc1ccc(CN2C(=O)CCC2C(=O)Cl)cc1. The molecule has 1 saturated heterocycles. The van der Waals surface area contributed by atoms with E-state index in [1.165, 1.54) is 5.56 Å². The molecule has 3 nitrogen and oxygen atoms in total. The average Bonchev–Trinajstić information content (AvgIpc) is 2.64. The third-order valence-electron chi connectivity index (χ3n) is 3.06. The average molecular weight is 252 g/mol. The molecule has 1 fully saturated rings. The van der Waals surface area contributed by atoms with Crippen molar-refractivity contribution in [3.05, 3.63) is 35.4 Å². The summed E-state index contributed by atoms with van der Waals surface area (Å²) in [7, 11) is 0. The number of benzene rings is 1. The van der Waals surface area contributed by atoms with Gasteiger partial charge >= 0.3 is 0 Å². The molecule has 1 aliphatic heterocycles. The van der Waals surface area contributed by atoms with Crippen LogP contribution in [0, 0.1) is 6.92 Å². The third-order valence-corrected chi connectivity index (χ3v) is 3.32. The van der Waals surface area contributed by atoms with Crippen molar-refractivity contribution >= 4 is 22.8 Å². The zero-order valence-corrected chi connectivity index (χ0v) is 10.4. The first-order valence-electron chi connectivity index (χ1n) is 5.62. The minimum absolute atomic E-state index is 0.00424. The van der Waals surface area contributed by atoms with Crippen molar-refractivity contribution in [2.45, 2.75) is 32.4 Å². The van der Waals surface area contributed by atoms with E-state index in [0.717, 1.165) is 5.56 Å². The van der Waals surface area contributed by atoms with Crippen LogP contribution >= 0.6 is 11.6 Å². The number of amides is 1. The van der Waals surface area contributed by atoms with Crippen molar-refractivity contribution in [1.82, 2.24) is 4.90 Å². The molecule has 1 unspecified atom stereocenters. The highest BCUT2D eigenvalue weighted by Gasteiger charge is 2.34. The molecule has 0 bridgehead atoms. The van der Waals surface area contributed by atoms with Gasteiger partial charge in [0.05, 0.1) is 0 Å². The van der Waals surface area contributed by atoms with Crippen molar-refractivity contribution in [2.24, 2.45) is 0 Å². The summed E-state index contributed by atoms with van der Waals surface area (Å²) in [5, 5.41) is -0.442. The molecular formula is C13H14ClNO2. The predicted molar refractivity (Wildman–Crippen MR) is 65.6 cm³/mol. The van der Waals surface area contributed by atoms with Crippen molar-refractivity contribution < 1.29 is 9.59 Å². The molecule has 1 aromatic carbocycles. The molecule has 2 rings (SSSR count). The Morgan fingerprint density at radius 3 is 2.65 bits per heavy atom. The molecule has 0 radical (unpaired) electrons. The summed E-state index contributed by atoms with van der Waals surface area (Å²) in [6, 6.07) is 7.47. The fourth-order valence-corrected chi connectivity index (χ4v) is 2.28. The number of likely N-dealkylation sites (tertiary alicyclic amines) is 1. The number of hydrogen-bond acceptors (Lipinski definition) is 2.